The molecule has 0 spiro atoms. The van der Waals surface area contributed by atoms with E-state index in [0.717, 1.165) is 46.2 Å². The summed E-state index contributed by atoms with van der Waals surface area (Å²) >= 11 is 1.72. The third kappa shape index (κ3) is 3.14. The van der Waals surface area contributed by atoms with E-state index in [1.165, 1.54) is 24.8 Å². The number of aromatic nitrogens is 3. The summed E-state index contributed by atoms with van der Waals surface area (Å²) in [7, 11) is 0. The molecule has 1 amide bonds. The van der Waals surface area contributed by atoms with Gasteiger partial charge in [0.25, 0.3) is 0 Å². The van der Waals surface area contributed by atoms with Crippen LogP contribution in [0.4, 0.5) is 11.6 Å². The van der Waals surface area contributed by atoms with Gasteiger partial charge < -0.3 is 10.2 Å². The lowest BCUT2D eigenvalue weighted by Gasteiger charge is -2.45. The smallest absolute Gasteiger partial charge is 0.227 e. The first-order chi connectivity index (χ1) is 15.1. The summed E-state index contributed by atoms with van der Waals surface area (Å²) in [4.78, 5) is 29.1. The van der Waals surface area contributed by atoms with Crippen LogP contribution in [-0.2, 0) is 10.3 Å². The number of amides is 1. The van der Waals surface area contributed by atoms with Crippen molar-refractivity contribution in [1.29, 1.82) is 0 Å². The maximum atomic E-state index is 12.0. The van der Waals surface area contributed by atoms with Crippen LogP contribution in [0.3, 0.4) is 0 Å². The van der Waals surface area contributed by atoms with Crippen molar-refractivity contribution in [2.45, 2.75) is 56.9 Å². The summed E-state index contributed by atoms with van der Waals surface area (Å²) < 4.78 is 0. The number of β-lactam (4-membered cyclic amide) rings is 1. The Morgan fingerprint density at radius 2 is 2.10 bits per heavy atom. The summed E-state index contributed by atoms with van der Waals surface area (Å²) in [5.74, 6) is 1.50. The zero-order chi connectivity index (χ0) is 21.0. The topological polar surface area (TPSA) is 71.0 Å². The van der Waals surface area contributed by atoms with E-state index in [-0.39, 0.29) is 11.4 Å². The molecule has 1 aliphatic carbocycles. The molecule has 31 heavy (non-hydrogen) atoms. The van der Waals surface area contributed by atoms with Gasteiger partial charge in [0.1, 0.15) is 10.5 Å². The Morgan fingerprint density at radius 3 is 2.90 bits per heavy atom. The lowest BCUT2D eigenvalue weighted by atomic mass is 9.83. The number of hydrogen-bond donors (Lipinski definition) is 1. The summed E-state index contributed by atoms with van der Waals surface area (Å²) in [6, 6.07) is 8.48. The molecule has 6 rings (SSSR count). The summed E-state index contributed by atoms with van der Waals surface area (Å²) in [6.45, 7) is 2.97. The van der Waals surface area contributed by atoms with Gasteiger partial charge in [-0.3, -0.25) is 4.79 Å². The van der Waals surface area contributed by atoms with Crippen molar-refractivity contribution in [2.24, 2.45) is 0 Å². The molecule has 1 atom stereocenters. The SMILES string of the molecule is Cc1cc(Nc2nccc(C3CCC3)n2)cc(-c2cnc(C34CCCN3C(=O)C4)s2)c1. The quantitative estimate of drug-likeness (QED) is 0.566. The van der Waals surface area contributed by atoms with Crippen LogP contribution in [-0.4, -0.2) is 32.3 Å². The number of thiazole rings is 1. The Balaban J connectivity index is 1.27. The Bertz CT molecular complexity index is 1170. The maximum Gasteiger partial charge on any atom is 0.227 e. The first-order valence-corrected chi connectivity index (χ1v) is 11.9. The van der Waals surface area contributed by atoms with E-state index >= 15 is 0 Å². The highest BCUT2D eigenvalue weighted by atomic mass is 32.1. The van der Waals surface area contributed by atoms with E-state index in [1.807, 2.05) is 23.4 Å². The van der Waals surface area contributed by atoms with E-state index in [9.17, 15) is 4.79 Å². The van der Waals surface area contributed by atoms with Crippen LogP contribution in [0.5, 0.6) is 0 Å². The Labute approximate surface area is 185 Å². The highest BCUT2D eigenvalue weighted by Gasteiger charge is 2.56. The Morgan fingerprint density at radius 1 is 1.19 bits per heavy atom. The first-order valence-electron chi connectivity index (χ1n) is 11.1. The molecule has 1 N–H and O–H groups in total. The van der Waals surface area contributed by atoms with Crippen molar-refractivity contribution >= 4 is 28.9 Å². The molecule has 2 aromatic heterocycles. The Hall–Kier alpha value is -2.80. The van der Waals surface area contributed by atoms with Gasteiger partial charge in [-0.25, -0.2) is 15.0 Å². The van der Waals surface area contributed by atoms with Crippen LogP contribution in [0.25, 0.3) is 10.4 Å². The second kappa shape index (κ2) is 7.12. The molecule has 6 nitrogen and oxygen atoms in total. The average Bonchev–Trinajstić information content (AvgIpc) is 3.31. The predicted molar refractivity (Wildman–Crippen MR) is 121 cm³/mol. The van der Waals surface area contributed by atoms with Crippen LogP contribution >= 0.6 is 11.3 Å². The van der Waals surface area contributed by atoms with Crippen molar-refractivity contribution in [3.05, 3.63) is 52.9 Å². The minimum Gasteiger partial charge on any atom is -0.330 e. The van der Waals surface area contributed by atoms with Crippen molar-refractivity contribution in [3.8, 4) is 10.4 Å². The molecule has 4 heterocycles. The molecule has 3 aromatic rings. The average molecular weight is 432 g/mol. The fraction of sp³-hybridized carbons (Fsp3) is 0.417. The van der Waals surface area contributed by atoms with Crippen molar-refractivity contribution in [3.63, 3.8) is 0 Å². The molecule has 0 bridgehead atoms. The third-order valence-corrected chi connectivity index (χ3v) is 8.20. The molecule has 2 saturated heterocycles. The molecule has 1 saturated carbocycles. The van der Waals surface area contributed by atoms with Crippen LogP contribution in [0.2, 0.25) is 0 Å². The molecule has 3 fully saturated rings. The molecule has 0 radical (unpaired) electrons. The second-order valence-corrected chi connectivity index (χ2v) is 10.1. The van der Waals surface area contributed by atoms with Crippen molar-refractivity contribution < 1.29 is 4.79 Å². The molecular formula is C24H25N5OS. The first kappa shape index (κ1) is 18.9. The van der Waals surface area contributed by atoms with Gasteiger partial charge in [-0.15, -0.1) is 11.3 Å². The lowest BCUT2D eigenvalue weighted by molar-refractivity contribution is -0.153. The second-order valence-electron chi connectivity index (χ2n) is 9.03. The maximum absolute atomic E-state index is 12.0. The van der Waals surface area contributed by atoms with E-state index in [1.54, 1.807) is 11.3 Å². The summed E-state index contributed by atoms with van der Waals surface area (Å²) in [6.07, 6.45) is 10.3. The summed E-state index contributed by atoms with van der Waals surface area (Å²) in [5, 5.41) is 4.48. The number of carbonyl (C=O) groups is 1. The van der Waals surface area contributed by atoms with Gasteiger partial charge in [0, 0.05) is 36.2 Å². The minimum atomic E-state index is -0.138. The number of nitrogens with zero attached hydrogens (tertiary/aromatic N) is 4. The zero-order valence-corrected chi connectivity index (χ0v) is 18.4. The molecule has 7 heteroatoms. The van der Waals surface area contributed by atoms with Crippen LogP contribution in [0, 0.1) is 6.92 Å². The van der Waals surface area contributed by atoms with Gasteiger partial charge in [0.2, 0.25) is 11.9 Å². The Kier molecular flexibility index (Phi) is 4.35. The number of fused-ring (bicyclic) bond motifs is 1. The van der Waals surface area contributed by atoms with Gasteiger partial charge in [-0.1, -0.05) is 12.5 Å². The molecule has 1 unspecified atom stereocenters. The molecule has 3 aliphatic rings. The molecular weight excluding hydrogens is 406 g/mol. The normalized spacial score (nSPS) is 22.7. The van der Waals surface area contributed by atoms with E-state index in [2.05, 4.69) is 35.4 Å². The van der Waals surface area contributed by atoms with Gasteiger partial charge in [-0.2, -0.15) is 0 Å². The van der Waals surface area contributed by atoms with Crippen LogP contribution < -0.4 is 5.32 Å². The molecule has 2 aliphatic heterocycles. The molecule has 158 valence electrons. The van der Waals surface area contributed by atoms with Crippen LogP contribution in [0.1, 0.15) is 60.7 Å². The van der Waals surface area contributed by atoms with E-state index in [4.69, 9.17) is 9.97 Å². The number of rotatable bonds is 5. The number of anilines is 2. The number of nitrogens with one attached hydrogen (secondary N) is 1. The predicted octanol–water partition coefficient (Wildman–Crippen LogP) is 5.14. The molecule has 1 aromatic carbocycles. The zero-order valence-electron chi connectivity index (χ0n) is 17.6. The highest BCUT2D eigenvalue weighted by Crippen LogP contribution is 2.51. The number of benzene rings is 1. The number of carbonyl (C=O) groups excluding carboxylic acids is 1. The fourth-order valence-electron chi connectivity index (χ4n) is 5.09. The summed E-state index contributed by atoms with van der Waals surface area (Å²) in [5.41, 5.74) is 4.28. The highest BCUT2D eigenvalue weighted by molar-refractivity contribution is 7.15. The standard InChI is InChI=1S/C24H25N5OS/c1-15-10-17(20-14-26-22(31-20)24-7-3-9-29(24)21(30)13-24)12-18(11-15)27-23-25-8-6-19(28-23)16-4-2-5-16/h6,8,10-12,14,16H,2-5,7,9,13H2,1H3,(H,25,27,28). The van der Waals surface area contributed by atoms with Gasteiger partial charge in [0.15, 0.2) is 0 Å². The fourth-order valence-corrected chi connectivity index (χ4v) is 6.22. The number of hydrogen-bond acceptors (Lipinski definition) is 6. The monoisotopic (exact) mass is 431 g/mol. The third-order valence-electron chi connectivity index (χ3n) is 6.96. The van der Waals surface area contributed by atoms with E-state index in [0.29, 0.717) is 18.3 Å². The van der Waals surface area contributed by atoms with E-state index < -0.39 is 0 Å². The lowest BCUT2D eigenvalue weighted by Crippen LogP contribution is -2.57. The number of aryl methyl sites for hydroxylation is 1. The largest absolute Gasteiger partial charge is 0.330 e. The minimum absolute atomic E-state index is 0.138. The van der Waals surface area contributed by atoms with Gasteiger partial charge in [0.05, 0.1) is 11.3 Å². The van der Waals surface area contributed by atoms with Crippen molar-refractivity contribution in [1.82, 2.24) is 19.9 Å². The van der Waals surface area contributed by atoms with Crippen molar-refractivity contribution in [2.75, 3.05) is 11.9 Å². The van der Waals surface area contributed by atoms with Gasteiger partial charge in [-0.05, 0) is 61.9 Å². The van der Waals surface area contributed by atoms with Gasteiger partial charge >= 0.3 is 0 Å². The van der Waals surface area contributed by atoms with Crippen LogP contribution in [0.15, 0.2) is 36.7 Å².